The van der Waals surface area contributed by atoms with Crippen molar-refractivity contribution in [2.75, 3.05) is 26.9 Å². The van der Waals surface area contributed by atoms with Gasteiger partial charge in [-0.15, -0.1) is 0 Å². The number of ether oxygens (including phenoxy) is 2. The van der Waals surface area contributed by atoms with Crippen molar-refractivity contribution in [3.63, 3.8) is 0 Å². The van der Waals surface area contributed by atoms with Crippen LogP contribution in [0.5, 0.6) is 0 Å². The van der Waals surface area contributed by atoms with Crippen LogP contribution in [0.2, 0.25) is 0 Å². The topological polar surface area (TPSA) is 90.7 Å². The lowest BCUT2D eigenvalue weighted by Gasteiger charge is -2.25. The fourth-order valence-electron chi connectivity index (χ4n) is 2.15. The smallest absolute Gasteiger partial charge is 0.282 e. The van der Waals surface area contributed by atoms with Crippen molar-refractivity contribution in [3.05, 3.63) is 39.7 Å². The second kappa shape index (κ2) is 6.15. The van der Waals surface area contributed by atoms with Crippen LogP contribution in [-0.4, -0.2) is 43.3 Å². The molecule has 21 heavy (non-hydrogen) atoms. The molecular weight excluding hydrogens is 283 g/mol. The van der Waals surface area contributed by atoms with Crippen LogP contribution in [0.25, 0.3) is 0 Å². The molecule has 1 unspecified atom stereocenters. The van der Waals surface area contributed by atoms with Crippen LogP contribution < -0.4 is 5.32 Å². The van der Waals surface area contributed by atoms with Gasteiger partial charge in [-0.1, -0.05) is 0 Å². The molecule has 0 radical (unpaired) electrons. The summed E-state index contributed by atoms with van der Waals surface area (Å²) in [4.78, 5) is 22.2. The third-order valence-corrected chi connectivity index (χ3v) is 3.47. The fraction of sp³-hybridized carbons (Fsp3) is 0.462. The molecule has 1 aliphatic rings. The zero-order valence-corrected chi connectivity index (χ0v) is 11.4. The number of methoxy groups -OCH3 is 1. The van der Waals surface area contributed by atoms with Gasteiger partial charge in [0.05, 0.1) is 11.5 Å². The Morgan fingerprint density at radius 2 is 2.38 bits per heavy atom. The quantitative estimate of drug-likeness (QED) is 0.653. The van der Waals surface area contributed by atoms with E-state index in [4.69, 9.17) is 9.47 Å². The molecule has 114 valence electrons. The molecule has 1 saturated heterocycles. The van der Waals surface area contributed by atoms with E-state index in [1.54, 1.807) is 0 Å². The molecule has 1 aliphatic heterocycles. The van der Waals surface area contributed by atoms with E-state index in [1.165, 1.54) is 7.11 Å². The molecule has 8 heteroatoms. The van der Waals surface area contributed by atoms with Crippen molar-refractivity contribution in [3.8, 4) is 0 Å². The van der Waals surface area contributed by atoms with Crippen LogP contribution >= 0.6 is 0 Å². The number of nitro benzene ring substituents is 1. The molecule has 0 spiro atoms. The number of amides is 1. The highest BCUT2D eigenvalue weighted by Gasteiger charge is 2.35. The highest BCUT2D eigenvalue weighted by molar-refractivity contribution is 5.98. The Hall–Kier alpha value is -2.06. The summed E-state index contributed by atoms with van der Waals surface area (Å²) in [5, 5.41) is 13.4. The Labute approximate surface area is 120 Å². The Morgan fingerprint density at radius 3 is 2.95 bits per heavy atom. The monoisotopic (exact) mass is 298 g/mol. The lowest BCUT2D eigenvalue weighted by Crippen LogP contribution is -2.45. The lowest BCUT2D eigenvalue weighted by atomic mass is 10.0. The van der Waals surface area contributed by atoms with E-state index in [-0.39, 0.29) is 12.1 Å². The number of carbonyl (C=O) groups excluding carboxylic acids is 1. The molecule has 1 atom stereocenters. The fourth-order valence-corrected chi connectivity index (χ4v) is 2.15. The van der Waals surface area contributed by atoms with Gasteiger partial charge >= 0.3 is 0 Å². The summed E-state index contributed by atoms with van der Waals surface area (Å²) >= 11 is 0. The molecule has 1 aromatic carbocycles. The molecule has 0 aromatic heterocycles. The van der Waals surface area contributed by atoms with Crippen molar-refractivity contribution in [2.24, 2.45) is 0 Å². The van der Waals surface area contributed by atoms with Gasteiger partial charge in [0, 0.05) is 32.7 Å². The van der Waals surface area contributed by atoms with E-state index >= 15 is 0 Å². The average molecular weight is 298 g/mol. The van der Waals surface area contributed by atoms with E-state index in [0.717, 1.165) is 18.2 Å². The molecule has 1 fully saturated rings. The first-order valence-corrected chi connectivity index (χ1v) is 6.32. The molecule has 0 bridgehead atoms. The van der Waals surface area contributed by atoms with Gasteiger partial charge in [-0.2, -0.15) is 0 Å². The molecule has 1 N–H and O–H groups in total. The molecule has 2 rings (SSSR count). The highest BCUT2D eigenvalue weighted by atomic mass is 19.1. The maximum absolute atomic E-state index is 13.2. The molecule has 1 heterocycles. The van der Waals surface area contributed by atoms with E-state index in [9.17, 15) is 19.3 Å². The minimum atomic E-state index is -0.723. The summed E-state index contributed by atoms with van der Waals surface area (Å²) in [5.74, 6) is -1.43. The zero-order chi connectivity index (χ0) is 15.5. The predicted molar refractivity (Wildman–Crippen MR) is 70.6 cm³/mol. The first kappa shape index (κ1) is 15.3. The van der Waals surface area contributed by atoms with Gasteiger partial charge < -0.3 is 14.8 Å². The lowest BCUT2D eigenvalue weighted by molar-refractivity contribution is -0.385. The third-order valence-electron chi connectivity index (χ3n) is 3.47. The summed E-state index contributed by atoms with van der Waals surface area (Å²) in [5.41, 5.74) is -1.40. The third kappa shape index (κ3) is 3.34. The standard InChI is InChI=1S/C13H15FN2O5/c1-20-13(4-5-21-8-13)7-15-12(17)10-6-9(14)2-3-11(10)16(18)19/h2-3,6H,4-5,7-8H2,1H3,(H,15,17). The number of nitrogens with zero attached hydrogens (tertiary/aromatic N) is 1. The predicted octanol–water partition coefficient (Wildman–Crippen LogP) is 1.27. The first-order chi connectivity index (χ1) is 9.97. The summed E-state index contributed by atoms with van der Waals surface area (Å²) in [6.07, 6.45) is 0.606. The summed E-state index contributed by atoms with van der Waals surface area (Å²) in [6, 6.07) is 2.75. The van der Waals surface area contributed by atoms with E-state index in [2.05, 4.69) is 5.32 Å². The van der Waals surface area contributed by atoms with Crippen molar-refractivity contribution in [1.82, 2.24) is 5.32 Å². The van der Waals surface area contributed by atoms with Crippen molar-refractivity contribution < 1.29 is 23.6 Å². The van der Waals surface area contributed by atoms with Gasteiger partial charge in [-0.25, -0.2) is 4.39 Å². The second-order valence-electron chi connectivity index (χ2n) is 4.79. The number of carbonyl (C=O) groups is 1. The minimum absolute atomic E-state index is 0.135. The molecule has 0 aliphatic carbocycles. The van der Waals surface area contributed by atoms with Crippen molar-refractivity contribution in [1.29, 1.82) is 0 Å². The molecule has 1 aromatic rings. The maximum Gasteiger partial charge on any atom is 0.282 e. The van der Waals surface area contributed by atoms with E-state index in [1.807, 2.05) is 0 Å². The Balaban J connectivity index is 2.13. The van der Waals surface area contributed by atoms with Gasteiger partial charge in [-0.05, 0) is 12.1 Å². The van der Waals surface area contributed by atoms with Crippen LogP contribution in [0.1, 0.15) is 16.8 Å². The van der Waals surface area contributed by atoms with Crippen molar-refractivity contribution in [2.45, 2.75) is 12.0 Å². The van der Waals surface area contributed by atoms with Gasteiger partial charge in [0.1, 0.15) is 17.0 Å². The summed E-state index contributed by atoms with van der Waals surface area (Å²) in [6.45, 7) is 0.981. The molecular formula is C13H15FN2O5. The number of benzene rings is 1. The van der Waals surface area contributed by atoms with E-state index in [0.29, 0.717) is 19.6 Å². The normalized spacial score (nSPS) is 21.2. The Kier molecular flexibility index (Phi) is 4.49. The number of nitro groups is 1. The van der Waals surface area contributed by atoms with Crippen LogP contribution in [0, 0.1) is 15.9 Å². The molecule has 7 nitrogen and oxygen atoms in total. The minimum Gasteiger partial charge on any atom is -0.378 e. The van der Waals surface area contributed by atoms with Crippen LogP contribution in [0.4, 0.5) is 10.1 Å². The highest BCUT2D eigenvalue weighted by Crippen LogP contribution is 2.23. The maximum atomic E-state index is 13.2. The zero-order valence-electron chi connectivity index (χ0n) is 11.4. The van der Waals surface area contributed by atoms with Crippen LogP contribution in [0.3, 0.4) is 0 Å². The number of hydrogen-bond acceptors (Lipinski definition) is 5. The summed E-state index contributed by atoms with van der Waals surface area (Å²) < 4.78 is 23.8. The SMILES string of the molecule is COC1(CNC(=O)c2cc(F)ccc2[N+](=O)[O-])CCOC1. The Bertz CT molecular complexity index is 557. The van der Waals surface area contributed by atoms with Gasteiger partial charge in [0.15, 0.2) is 0 Å². The largest absolute Gasteiger partial charge is 0.378 e. The first-order valence-electron chi connectivity index (χ1n) is 6.32. The Morgan fingerprint density at radius 1 is 1.62 bits per heavy atom. The van der Waals surface area contributed by atoms with Gasteiger partial charge in [-0.3, -0.25) is 14.9 Å². The average Bonchev–Trinajstić information content (AvgIpc) is 2.94. The summed E-state index contributed by atoms with van der Waals surface area (Å²) in [7, 11) is 1.51. The molecule has 1 amide bonds. The second-order valence-corrected chi connectivity index (χ2v) is 4.79. The van der Waals surface area contributed by atoms with E-state index < -0.39 is 27.9 Å². The number of rotatable bonds is 5. The number of halogens is 1. The number of hydrogen-bond donors (Lipinski definition) is 1. The van der Waals surface area contributed by atoms with Gasteiger partial charge in [0.2, 0.25) is 0 Å². The van der Waals surface area contributed by atoms with Gasteiger partial charge in [0.25, 0.3) is 11.6 Å². The number of nitrogens with one attached hydrogen (secondary N) is 1. The van der Waals surface area contributed by atoms with Crippen LogP contribution in [-0.2, 0) is 9.47 Å². The van der Waals surface area contributed by atoms with Crippen LogP contribution in [0.15, 0.2) is 18.2 Å². The molecule has 0 saturated carbocycles. The van der Waals surface area contributed by atoms with Crippen molar-refractivity contribution >= 4 is 11.6 Å².